The molecule has 1 aromatic carbocycles. The summed E-state index contributed by atoms with van der Waals surface area (Å²) in [5.74, 6) is -0.372. The highest BCUT2D eigenvalue weighted by Gasteiger charge is 2.34. The highest BCUT2D eigenvalue weighted by atomic mass is 16.5. The van der Waals surface area contributed by atoms with Crippen molar-refractivity contribution in [2.45, 2.75) is 51.6 Å². The molecule has 2 amide bonds. The van der Waals surface area contributed by atoms with Crippen molar-refractivity contribution in [3.63, 3.8) is 0 Å². The normalized spacial score (nSPS) is 17.9. The lowest BCUT2D eigenvalue weighted by Gasteiger charge is -2.34. The second-order valence-corrected chi connectivity index (χ2v) is 8.19. The molecule has 0 bridgehead atoms. The Labute approximate surface area is 172 Å². The van der Waals surface area contributed by atoms with E-state index in [0.717, 1.165) is 38.0 Å². The van der Waals surface area contributed by atoms with E-state index in [1.165, 1.54) is 4.90 Å². The fourth-order valence-corrected chi connectivity index (χ4v) is 3.70. The first-order chi connectivity index (χ1) is 14.0. The number of rotatable bonds is 7. The molecule has 2 aliphatic rings. The van der Waals surface area contributed by atoms with Crippen molar-refractivity contribution in [2.24, 2.45) is 5.92 Å². The van der Waals surface area contributed by atoms with E-state index in [1.54, 1.807) is 12.1 Å². The number of anilines is 1. The predicted octanol–water partition coefficient (Wildman–Crippen LogP) is 2.53. The molecule has 1 aromatic rings. The number of nitriles is 1. The van der Waals surface area contributed by atoms with Gasteiger partial charge in [0.25, 0.3) is 11.8 Å². The van der Waals surface area contributed by atoms with Gasteiger partial charge in [-0.05, 0) is 55.9 Å². The molecule has 1 saturated carbocycles. The largest absolute Gasteiger partial charge is 0.378 e. The van der Waals surface area contributed by atoms with Crippen LogP contribution in [0.4, 0.5) is 5.69 Å². The molecule has 7 heteroatoms. The van der Waals surface area contributed by atoms with Crippen LogP contribution in [0.15, 0.2) is 24.3 Å². The topological polar surface area (TPSA) is 85.7 Å². The molecule has 1 saturated heterocycles. The van der Waals surface area contributed by atoms with Crippen molar-refractivity contribution in [1.29, 1.82) is 5.26 Å². The Hall–Kier alpha value is -2.59. The second-order valence-electron chi connectivity index (χ2n) is 8.19. The van der Waals surface area contributed by atoms with Crippen LogP contribution >= 0.6 is 0 Å². The highest BCUT2D eigenvalue weighted by molar-refractivity contribution is 5.98. The van der Waals surface area contributed by atoms with Crippen molar-refractivity contribution in [3.8, 4) is 6.19 Å². The van der Waals surface area contributed by atoms with Gasteiger partial charge in [0.15, 0.2) is 6.19 Å². The Morgan fingerprint density at radius 1 is 1.24 bits per heavy atom. The molecule has 7 nitrogen and oxygen atoms in total. The molecule has 0 radical (unpaired) electrons. The Balaban J connectivity index is 1.67. The fraction of sp³-hybridized carbons (Fsp3) is 0.591. The lowest BCUT2D eigenvalue weighted by atomic mass is 9.91. The van der Waals surface area contributed by atoms with E-state index >= 15 is 0 Å². The highest BCUT2D eigenvalue weighted by Crippen LogP contribution is 2.25. The van der Waals surface area contributed by atoms with Crippen LogP contribution in [-0.2, 0) is 9.53 Å². The average molecular weight is 399 g/mol. The second kappa shape index (κ2) is 9.75. The minimum atomic E-state index is -0.693. The summed E-state index contributed by atoms with van der Waals surface area (Å²) in [6.07, 6.45) is 5.27. The molecule has 1 heterocycles. The lowest BCUT2D eigenvalue weighted by molar-refractivity contribution is -0.133. The minimum Gasteiger partial charge on any atom is -0.378 e. The number of nitrogens with one attached hydrogen (secondary N) is 1. The number of carbonyl (C=O) groups is 2. The van der Waals surface area contributed by atoms with Crippen LogP contribution in [0.3, 0.4) is 0 Å². The molecule has 1 aliphatic carbocycles. The van der Waals surface area contributed by atoms with Gasteiger partial charge in [-0.2, -0.15) is 5.26 Å². The van der Waals surface area contributed by atoms with Crippen LogP contribution in [0.5, 0.6) is 0 Å². The van der Waals surface area contributed by atoms with Crippen molar-refractivity contribution < 1.29 is 14.3 Å². The summed E-state index contributed by atoms with van der Waals surface area (Å²) >= 11 is 0. The van der Waals surface area contributed by atoms with E-state index in [4.69, 9.17) is 4.74 Å². The predicted molar refractivity (Wildman–Crippen MR) is 110 cm³/mol. The summed E-state index contributed by atoms with van der Waals surface area (Å²) in [5.41, 5.74) is 1.57. The molecule has 156 valence electrons. The number of hydrogen-bond acceptors (Lipinski definition) is 5. The molecule has 1 N–H and O–H groups in total. The van der Waals surface area contributed by atoms with E-state index in [9.17, 15) is 14.9 Å². The van der Waals surface area contributed by atoms with Gasteiger partial charge in [0.05, 0.1) is 13.2 Å². The Morgan fingerprint density at radius 3 is 2.41 bits per heavy atom. The van der Waals surface area contributed by atoms with E-state index in [2.05, 4.69) is 10.2 Å². The first-order valence-corrected chi connectivity index (χ1v) is 10.5. The molecule has 1 aliphatic heterocycles. The van der Waals surface area contributed by atoms with E-state index < -0.39 is 6.04 Å². The molecule has 0 aromatic heterocycles. The lowest BCUT2D eigenvalue weighted by Crippen LogP contribution is -2.52. The Morgan fingerprint density at radius 2 is 1.90 bits per heavy atom. The summed E-state index contributed by atoms with van der Waals surface area (Å²) in [6.45, 7) is 7.09. The summed E-state index contributed by atoms with van der Waals surface area (Å²) in [7, 11) is 0. The molecule has 1 atom stereocenters. The maximum atomic E-state index is 12.9. The van der Waals surface area contributed by atoms with Crippen LogP contribution in [0, 0.1) is 17.4 Å². The van der Waals surface area contributed by atoms with Gasteiger partial charge in [0.2, 0.25) is 0 Å². The van der Waals surface area contributed by atoms with Gasteiger partial charge < -0.3 is 15.0 Å². The monoisotopic (exact) mass is 398 g/mol. The zero-order valence-electron chi connectivity index (χ0n) is 17.3. The summed E-state index contributed by atoms with van der Waals surface area (Å²) in [6, 6.07) is 6.70. The summed E-state index contributed by atoms with van der Waals surface area (Å²) in [5, 5.41) is 12.3. The number of hydrogen-bond donors (Lipinski definition) is 1. The van der Waals surface area contributed by atoms with E-state index in [0.29, 0.717) is 25.2 Å². The van der Waals surface area contributed by atoms with Gasteiger partial charge in [0.1, 0.15) is 6.04 Å². The molecular formula is C22H30N4O3. The zero-order valence-corrected chi connectivity index (χ0v) is 17.3. The number of ether oxygens (including phenoxy) is 1. The average Bonchev–Trinajstić information content (AvgIpc) is 2.70. The molecule has 2 fully saturated rings. The van der Waals surface area contributed by atoms with E-state index in [-0.39, 0.29) is 23.8 Å². The van der Waals surface area contributed by atoms with Gasteiger partial charge in [-0.25, -0.2) is 4.90 Å². The van der Waals surface area contributed by atoms with Crippen LogP contribution < -0.4 is 10.2 Å². The number of nitrogens with zero attached hydrogens (tertiary/aromatic N) is 3. The van der Waals surface area contributed by atoms with Crippen molar-refractivity contribution >= 4 is 17.5 Å². The van der Waals surface area contributed by atoms with Gasteiger partial charge >= 0.3 is 0 Å². The molecule has 0 spiro atoms. The smallest absolute Gasteiger partial charge is 0.258 e. The molecule has 3 rings (SSSR count). The van der Waals surface area contributed by atoms with Crippen molar-refractivity contribution in [1.82, 2.24) is 10.2 Å². The van der Waals surface area contributed by atoms with Gasteiger partial charge in [0, 0.05) is 30.4 Å². The minimum absolute atomic E-state index is 0.0214. The third kappa shape index (κ3) is 5.27. The van der Waals surface area contributed by atoms with Crippen molar-refractivity contribution in [3.05, 3.63) is 29.8 Å². The summed E-state index contributed by atoms with van der Waals surface area (Å²) < 4.78 is 5.37. The standard InChI is InChI=1S/C22H30N4O3/c1-16(2)14-20(22(28)26(15-23)19-4-3-5-19)24-21(27)17-6-8-18(9-7-17)25-10-12-29-13-11-25/h6-9,16,19-20H,3-5,10-14H2,1-2H3,(H,24,27). The number of benzene rings is 1. The maximum Gasteiger partial charge on any atom is 0.258 e. The van der Waals surface area contributed by atoms with Crippen LogP contribution in [0.25, 0.3) is 0 Å². The first kappa shape index (κ1) is 21.1. The first-order valence-electron chi connectivity index (χ1n) is 10.5. The quantitative estimate of drug-likeness (QED) is 0.563. The zero-order chi connectivity index (χ0) is 20.8. The summed E-state index contributed by atoms with van der Waals surface area (Å²) in [4.78, 5) is 29.2. The molecule has 1 unspecified atom stereocenters. The van der Waals surface area contributed by atoms with Crippen LogP contribution in [-0.4, -0.2) is 55.1 Å². The Kier molecular flexibility index (Phi) is 7.10. The van der Waals surface area contributed by atoms with Gasteiger partial charge in [-0.1, -0.05) is 13.8 Å². The Bertz CT molecular complexity index is 746. The maximum absolute atomic E-state index is 12.9. The number of amides is 2. The van der Waals surface area contributed by atoms with Crippen LogP contribution in [0.1, 0.15) is 49.9 Å². The van der Waals surface area contributed by atoms with Gasteiger partial charge in [-0.15, -0.1) is 0 Å². The van der Waals surface area contributed by atoms with Crippen LogP contribution in [0.2, 0.25) is 0 Å². The van der Waals surface area contributed by atoms with E-state index in [1.807, 2.05) is 32.2 Å². The van der Waals surface area contributed by atoms with Crippen molar-refractivity contribution in [2.75, 3.05) is 31.2 Å². The van der Waals surface area contributed by atoms with Gasteiger partial charge in [-0.3, -0.25) is 9.59 Å². The molecular weight excluding hydrogens is 368 g/mol. The third-order valence-electron chi connectivity index (χ3n) is 5.60. The molecule has 29 heavy (non-hydrogen) atoms. The fourth-order valence-electron chi connectivity index (χ4n) is 3.70. The number of carbonyl (C=O) groups excluding carboxylic acids is 2. The third-order valence-corrected chi connectivity index (χ3v) is 5.60. The number of morpholine rings is 1. The SMILES string of the molecule is CC(C)CC(NC(=O)c1ccc(N2CCOCC2)cc1)C(=O)N(C#N)C1CCC1.